The lowest BCUT2D eigenvalue weighted by atomic mass is 10.1. The Hall–Kier alpha value is -4.57. The summed E-state index contributed by atoms with van der Waals surface area (Å²) < 4.78 is 59.8. The quantitative estimate of drug-likeness (QED) is 0.313. The minimum atomic E-state index is -5.04. The van der Waals surface area contributed by atoms with Gasteiger partial charge in [0.05, 0.1) is 35.8 Å². The van der Waals surface area contributed by atoms with E-state index in [1.807, 2.05) is 0 Å². The van der Waals surface area contributed by atoms with Crippen LogP contribution in [0.3, 0.4) is 0 Å². The van der Waals surface area contributed by atoms with Gasteiger partial charge in [-0.1, -0.05) is 11.6 Å². The molecule has 0 aliphatic carbocycles. The Bertz CT molecular complexity index is 1610. The fourth-order valence-corrected chi connectivity index (χ4v) is 3.36. The lowest BCUT2D eigenvalue weighted by Gasteiger charge is -2.15. The number of pyridine rings is 1. The summed E-state index contributed by atoms with van der Waals surface area (Å²) >= 11 is 5.88. The summed E-state index contributed by atoms with van der Waals surface area (Å²) in [6.45, 7) is -0.405. The number of halogens is 5. The van der Waals surface area contributed by atoms with Crippen molar-refractivity contribution in [3.63, 3.8) is 0 Å². The van der Waals surface area contributed by atoms with Crippen LogP contribution in [0.1, 0.15) is 17.0 Å². The highest BCUT2D eigenvalue weighted by molar-refractivity contribution is 6.30. The average molecular weight is 519 g/mol. The van der Waals surface area contributed by atoms with Gasteiger partial charge in [-0.2, -0.15) is 27.9 Å². The highest BCUT2D eigenvalue weighted by Gasteiger charge is 2.38. The molecule has 14 heteroatoms. The number of alkyl halides is 3. The van der Waals surface area contributed by atoms with Crippen molar-refractivity contribution >= 4 is 11.6 Å². The topological polar surface area (TPSA) is 127 Å². The van der Waals surface area contributed by atoms with Crippen molar-refractivity contribution in [2.24, 2.45) is 0 Å². The third-order valence-electron chi connectivity index (χ3n) is 4.71. The molecule has 3 aromatic heterocycles. The molecule has 182 valence electrons. The van der Waals surface area contributed by atoms with Crippen LogP contribution in [0.25, 0.3) is 11.1 Å². The first-order chi connectivity index (χ1) is 17.0. The van der Waals surface area contributed by atoms with Crippen molar-refractivity contribution in [2.45, 2.75) is 12.7 Å². The van der Waals surface area contributed by atoms with E-state index < -0.39 is 41.2 Å². The first kappa shape index (κ1) is 24.6. The van der Waals surface area contributed by atoms with Crippen molar-refractivity contribution in [2.75, 3.05) is 0 Å². The number of nitrogens with one attached hydrogen (secondary N) is 1. The molecule has 0 atom stereocenters. The molecule has 0 spiro atoms. The van der Waals surface area contributed by atoms with E-state index in [2.05, 4.69) is 20.2 Å². The number of nitrogens with zero attached hydrogens (tertiary/aromatic N) is 5. The maximum absolute atomic E-state index is 13.6. The van der Waals surface area contributed by atoms with Crippen LogP contribution in [0.15, 0.2) is 58.5 Å². The Morgan fingerprint density at radius 2 is 1.92 bits per heavy atom. The highest BCUT2D eigenvalue weighted by atomic mass is 35.5. The van der Waals surface area contributed by atoms with Crippen molar-refractivity contribution in [1.29, 1.82) is 5.26 Å². The Labute approximate surface area is 203 Å². The van der Waals surface area contributed by atoms with E-state index in [1.165, 1.54) is 18.2 Å². The van der Waals surface area contributed by atoms with E-state index in [4.69, 9.17) is 21.6 Å². The van der Waals surface area contributed by atoms with Gasteiger partial charge >= 0.3 is 6.18 Å². The minimum Gasteiger partial charge on any atom is -0.449 e. The van der Waals surface area contributed by atoms with Gasteiger partial charge in [0.2, 0.25) is 11.7 Å². The molecule has 3 heterocycles. The van der Waals surface area contributed by atoms with Gasteiger partial charge in [-0.25, -0.2) is 15.1 Å². The Balaban J connectivity index is 1.76. The molecule has 0 amide bonds. The molecule has 1 aromatic carbocycles. The molecule has 0 aliphatic heterocycles. The number of aromatic nitrogens is 5. The van der Waals surface area contributed by atoms with Crippen molar-refractivity contribution < 1.29 is 22.3 Å². The molecular weight excluding hydrogens is 508 g/mol. The summed E-state index contributed by atoms with van der Waals surface area (Å²) in [5, 5.41) is 15.1. The highest BCUT2D eigenvalue weighted by Crippen LogP contribution is 2.35. The zero-order chi connectivity index (χ0) is 26.0. The molecule has 0 radical (unpaired) electrons. The van der Waals surface area contributed by atoms with Crippen LogP contribution in [-0.2, 0) is 12.7 Å². The van der Waals surface area contributed by atoms with Gasteiger partial charge in [-0.05, 0) is 36.4 Å². The number of aromatic amines is 1. The zero-order valence-corrected chi connectivity index (χ0v) is 18.4. The molecule has 36 heavy (non-hydrogen) atoms. The second kappa shape index (κ2) is 9.59. The smallest absolute Gasteiger partial charge is 0.437 e. The predicted octanol–water partition coefficient (Wildman–Crippen LogP) is 3.91. The van der Waals surface area contributed by atoms with Crippen LogP contribution < -0.4 is 15.9 Å². The molecule has 4 rings (SSSR count). The maximum Gasteiger partial charge on any atom is 0.437 e. The van der Waals surface area contributed by atoms with Crippen LogP contribution in [0.5, 0.6) is 11.5 Å². The molecular formula is C22H11ClF4N6O3. The van der Waals surface area contributed by atoms with Crippen molar-refractivity contribution in [3.05, 3.63) is 97.6 Å². The summed E-state index contributed by atoms with van der Waals surface area (Å²) in [5.41, 5.74) is -3.09. The number of hydrogen-bond donors (Lipinski definition) is 1. The number of nitriles is 1. The molecule has 0 saturated heterocycles. The molecule has 0 fully saturated rings. The number of ether oxygens (including phenoxy) is 1. The van der Waals surface area contributed by atoms with E-state index in [0.717, 1.165) is 29.0 Å². The molecule has 0 unspecified atom stereocenters. The van der Waals surface area contributed by atoms with Gasteiger partial charge in [0.25, 0.3) is 11.1 Å². The Morgan fingerprint density at radius 1 is 1.14 bits per heavy atom. The molecule has 0 saturated carbocycles. The summed E-state index contributed by atoms with van der Waals surface area (Å²) in [6.07, 6.45) is -3.27. The monoisotopic (exact) mass is 518 g/mol. The van der Waals surface area contributed by atoms with Crippen molar-refractivity contribution in [1.82, 2.24) is 24.7 Å². The van der Waals surface area contributed by atoms with Crippen LogP contribution in [-0.4, -0.2) is 24.7 Å². The molecule has 0 aliphatic rings. The minimum absolute atomic E-state index is 0.00192. The zero-order valence-electron chi connectivity index (χ0n) is 17.7. The van der Waals surface area contributed by atoms with Gasteiger partial charge in [-0.3, -0.25) is 14.2 Å². The molecule has 1 N–H and O–H groups in total. The lowest BCUT2D eigenvalue weighted by molar-refractivity contribution is -0.142. The van der Waals surface area contributed by atoms with Crippen LogP contribution in [0.2, 0.25) is 5.02 Å². The summed E-state index contributed by atoms with van der Waals surface area (Å²) in [4.78, 5) is 32.0. The van der Waals surface area contributed by atoms with Gasteiger partial charge in [0.15, 0.2) is 5.69 Å². The summed E-state index contributed by atoms with van der Waals surface area (Å²) in [5.74, 6) is -2.20. The van der Waals surface area contributed by atoms with E-state index in [-0.39, 0.29) is 33.2 Å². The number of hydrogen-bond acceptors (Lipinski definition) is 7. The number of rotatable bonds is 5. The third kappa shape index (κ3) is 5.23. The second-order valence-corrected chi connectivity index (χ2v) is 7.65. The molecule has 9 nitrogen and oxygen atoms in total. The average Bonchev–Trinajstić information content (AvgIpc) is 2.82. The number of benzene rings is 1. The van der Waals surface area contributed by atoms with E-state index in [1.54, 1.807) is 6.07 Å². The Morgan fingerprint density at radius 3 is 2.58 bits per heavy atom. The first-order valence-corrected chi connectivity index (χ1v) is 10.2. The third-order valence-corrected chi connectivity index (χ3v) is 4.93. The first-order valence-electron chi connectivity index (χ1n) is 9.81. The summed E-state index contributed by atoms with van der Waals surface area (Å²) in [7, 11) is 0. The molecule has 4 aromatic rings. The lowest BCUT2D eigenvalue weighted by Crippen LogP contribution is -2.27. The summed E-state index contributed by atoms with van der Waals surface area (Å²) in [6, 6.07) is 8.88. The standard InChI is InChI=1S/C22H11ClF4N6O3/c23-13-3-11(7-28)4-15(5-13)36-18-19(22(25,26)27)30-10-33(21(18)35)9-14-6-16(20(34)32-31-14)12-1-2-17(24)29-8-12/h1-6,8,10H,9H2,(H,32,34). The van der Waals surface area contributed by atoms with E-state index >= 15 is 0 Å². The van der Waals surface area contributed by atoms with Gasteiger partial charge in [0, 0.05) is 16.8 Å². The van der Waals surface area contributed by atoms with Gasteiger partial charge < -0.3 is 4.74 Å². The SMILES string of the molecule is N#Cc1cc(Cl)cc(Oc2c(C(F)(F)F)ncn(Cc3cc(-c4ccc(F)nc4)c(=O)[nH]n3)c2=O)c1. The maximum atomic E-state index is 13.6. The normalized spacial score (nSPS) is 11.2. The Kier molecular flexibility index (Phi) is 6.54. The van der Waals surface area contributed by atoms with Gasteiger partial charge in [-0.15, -0.1) is 0 Å². The van der Waals surface area contributed by atoms with Crippen LogP contribution in [0.4, 0.5) is 17.6 Å². The van der Waals surface area contributed by atoms with Gasteiger partial charge in [0.1, 0.15) is 5.75 Å². The second-order valence-electron chi connectivity index (χ2n) is 7.21. The van der Waals surface area contributed by atoms with Crippen molar-refractivity contribution in [3.8, 4) is 28.7 Å². The largest absolute Gasteiger partial charge is 0.449 e. The molecule has 0 bridgehead atoms. The fourth-order valence-electron chi connectivity index (χ4n) is 3.13. The van der Waals surface area contributed by atoms with Crippen LogP contribution >= 0.6 is 11.6 Å². The fraction of sp³-hybridized carbons (Fsp3) is 0.0909. The van der Waals surface area contributed by atoms with E-state index in [9.17, 15) is 27.2 Å². The van der Waals surface area contributed by atoms with Crippen LogP contribution in [0, 0.1) is 17.3 Å². The predicted molar refractivity (Wildman–Crippen MR) is 117 cm³/mol. The van der Waals surface area contributed by atoms with E-state index in [0.29, 0.717) is 6.33 Å². The number of H-pyrrole nitrogens is 1.